The molecule has 150 valence electrons. The van der Waals surface area contributed by atoms with Crippen molar-refractivity contribution in [2.45, 2.75) is 12.5 Å². The van der Waals surface area contributed by atoms with E-state index in [1.165, 1.54) is 16.3 Å². The third-order valence-corrected chi connectivity index (χ3v) is 6.04. The summed E-state index contributed by atoms with van der Waals surface area (Å²) in [7, 11) is 0. The van der Waals surface area contributed by atoms with Crippen molar-refractivity contribution < 1.29 is 4.42 Å². The summed E-state index contributed by atoms with van der Waals surface area (Å²) in [6, 6.07) is 20.4. The topological polar surface area (TPSA) is 96.9 Å². The molecule has 0 aliphatic rings. The van der Waals surface area contributed by atoms with Crippen molar-refractivity contribution in [3.05, 3.63) is 83.0 Å². The van der Waals surface area contributed by atoms with Crippen LogP contribution in [0.25, 0.3) is 32.3 Å². The van der Waals surface area contributed by atoms with Crippen molar-refractivity contribution in [3.63, 3.8) is 0 Å². The van der Waals surface area contributed by atoms with Gasteiger partial charge < -0.3 is 15.5 Å². The van der Waals surface area contributed by atoms with Gasteiger partial charge in [0, 0.05) is 18.8 Å². The molecule has 0 saturated carbocycles. The summed E-state index contributed by atoms with van der Waals surface area (Å²) < 4.78 is 5.14. The Morgan fingerprint density at radius 1 is 1.10 bits per heavy atom. The van der Waals surface area contributed by atoms with Gasteiger partial charge in [-0.3, -0.25) is 4.98 Å². The molecule has 0 spiro atoms. The highest BCUT2D eigenvalue weighted by molar-refractivity contribution is 7.18. The first-order valence-electron chi connectivity index (χ1n) is 9.70. The van der Waals surface area contributed by atoms with E-state index in [9.17, 15) is 4.79 Å². The van der Waals surface area contributed by atoms with Gasteiger partial charge in [-0.2, -0.15) is 0 Å². The Labute approximate surface area is 176 Å². The van der Waals surface area contributed by atoms with Crippen molar-refractivity contribution in [1.82, 2.24) is 9.97 Å². The quantitative estimate of drug-likeness (QED) is 0.382. The van der Waals surface area contributed by atoms with E-state index >= 15 is 0 Å². The molecule has 4 N–H and O–H groups in total. The first-order valence-corrected chi connectivity index (χ1v) is 10.5. The molecule has 0 radical (unpaired) electrons. The van der Waals surface area contributed by atoms with Crippen LogP contribution >= 0.6 is 11.3 Å². The van der Waals surface area contributed by atoms with Crippen LogP contribution in [0.5, 0.6) is 0 Å². The van der Waals surface area contributed by atoms with Crippen LogP contribution in [0.2, 0.25) is 0 Å². The van der Waals surface area contributed by atoms with Crippen molar-refractivity contribution in [3.8, 4) is 10.4 Å². The normalized spacial score (nSPS) is 12.4. The highest BCUT2D eigenvalue weighted by Crippen LogP contribution is 2.30. The van der Waals surface area contributed by atoms with Crippen LogP contribution in [0, 0.1) is 0 Å². The average Bonchev–Trinajstić information content (AvgIpc) is 3.37. The van der Waals surface area contributed by atoms with Gasteiger partial charge in [0.1, 0.15) is 0 Å². The lowest BCUT2D eigenvalue weighted by atomic mass is 10.0. The van der Waals surface area contributed by atoms with Gasteiger partial charge in [-0.15, -0.1) is 0 Å². The summed E-state index contributed by atoms with van der Waals surface area (Å²) in [6.45, 7) is 0.630. The Kier molecular flexibility index (Phi) is 4.82. The Bertz CT molecular complexity index is 1380. The number of nitrogens with two attached hydrogens (primary N) is 1. The fourth-order valence-corrected chi connectivity index (χ4v) is 4.37. The Morgan fingerprint density at radius 2 is 1.97 bits per heavy atom. The van der Waals surface area contributed by atoms with Crippen molar-refractivity contribution in [2.75, 3.05) is 11.9 Å². The minimum atomic E-state index is -0.450. The highest BCUT2D eigenvalue weighted by atomic mass is 32.1. The minimum absolute atomic E-state index is 0.0241. The number of nitrogens with one attached hydrogen (secondary N) is 2. The van der Waals surface area contributed by atoms with Crippen LogP contribution < -0.4 is 16.8 Å². The first kappa shape index (κ1) is 18.6. The van der Waals surface area contributed by atoms with Gasteiger partial charge >= 0.3 is 5.76 Å². The van der Waals surface area contributed by atoms with Crippen LogP contribution in [0.1, 0.15) is 5.56 Å². The molecule has 0 amide bonds. The van der Waals surface area contributed by atoms with E-state index in [1.54, 1.807) is 11.3 Å². The van der Waals surface area contributed by atoms with Crippen LogP contribution in [0.3, 0.4) is 0 Å². The zero-order chi connectivity index (χ0) is 20.5. The second-order valence-corrected chi connectivity index (χ2v) is 8.31. The lowest BCUT2D eigenvalue weighted by molar-refractivity contribution is 0.555. The fraction of sp³-hybridized carbons (Fsp3) is 0.130. The molecule has 5 aromatic rings. The molecule has 5 rings (SSSR count). The summed E-state index contributed by atoms with van der Waals surface area (Å²) in [6.07, 6.45) is 2.60. The maximum atomic E-state index is 11.3. The van der Waals surface area contributed by atoms with E-state index in [0.717, 1.165) is 22.0 Å². The van der Waals surface area contributed by atoms with Gasteiger partial charge in [0.2, 0.25) is 0 Å². The number of thiazole rings is 1. The smallest absolute Gasteiger partial charge is 0.408 e. The largest absolute Gasteiger partial charge is 0.417 e. The molecule has 0 saturated heterocycles. The van der Waals surface area contributed by atoms with Crippen LogP contribution in [0.4, 0.5) is 5.13 Å². The number of benzene rings is 3. The molecule has 0 aliphatic carbocycles. The SMILES string of the molecule is N[C@@H](CNc1ncc(-c2ccc3[nH]c(=O)oc3c2)s1)Cc1ccc2ccccc2c1. The number of aromatic nitrogens is 2. The molecule has 2 heterocycles. The molecule has 0 aliphatic heterocycles. The zero-order valence-electron chi connectivity index (χ0n) is 16.1. The molecule has 0 fully saturated rings. The van der Waals surface area contributed by atoms with E-state index in [0.29, 0.717) is 17.6 Å². The predicted octanol–water partition coefficient (Wildman–Crippen LogP) is 4.38. The molecule has 0 bridgehead atoms. The van der Waals surface area contributed by atoms with Gasteiger partial charge in [0.05, 0.1) is 10.4 Å². The number of fused-ring (bicyclic) bond motifs is 2. The number of hydrogen-bond acceptors (Lipinski definition) is 6. The van der Waals surface area contributed by atoms with Crippen molar-refractivity contribution in [1.29, 1.82) is 0 Å². The van der Waals surface area contributed by atoms with Gasteiger partial charge in [0.25, 0.3) is 0 Å². The van der Waals surface area contributed by atoms with E-state index in [1.807, 2.05) is 30.5 Å². The van der Waals surface area contributed by atoms with Crippen molar-refractivity contribution >= 4 is 38.3 Å². The first-order chi connectivity index (χ1) is 14.6. The molecule has 2 aromatic heterocycles. The van der Waals surface area contributed by atoms with E-state index in [4.69, 9.17) is 10.2 Å². The maximum Gasteiger partial charge on any atom is 0.417 e. The summed E-state index contributed by atoms with van der Waals surface area (Å²) in [5.41, 5.74) is 9.76. The third-order valence-electron chi connectivity index (χ3n) is 5.04. The molecule has 7 heteroatoms. The summed E-state index contributed by atoms with van der Waals surface area (Å²) in [5.74, 6) is -0.450. The lowest BCUT2D eigenvalue weighted by Crippen LogP contribution is -2.31. The highest BCUT2D eigenvalue weighted by Gasteiger charge is 2.10. The summed E-state index contributed by atoms with van der Waals surface area (Å²) in [5, 5.41) is 6.62. The Hall–Kier alpha value is -3.42. The third kappa shape index (κ3) is 3.85. The summed E-state index contributed by atoms with van der Waals surface area (Å²) in [4.78, 5) is 19.4. The molecule has 0 unspecified atom stereocenters. The maximum absolute atomic E-state index is 11.3. The lowest BCUT2D eigenvalue weighted by Gasteiger charge is -2.13. The van der Waals surface area contributed by atoms with Gasteiger partial charge in [-0.1, -0.05) is 59.9 Å². The number of aromatic amines is 1. The van der Waals surface area contributed by atoms with Crippen LogP contribution in [-0.4, -0.2) is 22.6 Å². The molecule has 30 heavy (non-hydrogen) atoms. The average molecular weight is 417 g/mol. The number of anilines is 1. The number of nitrogens with zero attached hydrogens (tertiary/aromatic N) is 1. The predicted molar refractivity (Wildman–Crippen MR) is 122 cm³/mol. The van der Waals surface area contributed by atoms with Gasteiger partial charge in [-0.25, -0.2) is 9.78 Å². The summed E-state index contributed by atoms with van der Waals surface area (Å²) >= 11 is 1.54. The van der Waals surface area contributed by atoms with E-state index in [-0.39, 0.29) is 6.04 Å². The van der Waals surface area contributed by atoms with E-state index in [2.05, 4.69) is 51.7 Å². The number of hydrogen-bond donors (Lipinski definition) is 3. The van der Waals surface area contributed by atoms with Gasteiger partial charge in [-0.05, 0) is 40.5 Å². The molecular weight excluding hydrogens is 396 g/mol. The zero-order valence-corrected chi connectivity index (χ0v) is 16.9. The second-order valence-electron chi connectivity index (χ2n) is 7.28. The Morgan fingerprint density at radius 3 is 2.87 bits per heavy atom. The molecule has 6 nitrogen and oxygen atoms in total. The minimum Gasteiger partial charge on any atom is -0.408 e. The molecular formula is C23H20N4O2S. The van der Waals surface area contributed by atoms with Crippen LogP contribution in [0.15, 0.2) is 76.1 Å². The Balaban J connectivity index is 1.23. The fourth-order valence-electron chi connectivity index (χ4n) is 3.55. The second kappa shape index (κ2) is 7.78. The van der Waals surface area contributed by atoms with E-state index < -0.39 is 5.76 Å². The number of H-pyrrole nitrogens is 1. The van der Waals surface area contributed by atoms with Crippen molar-refractivity contribution in [2.24, 2.45) is 5.73 Å². The monoisotopic (exact) mass is 416 g/mol. The number of rotatable bonds is 6. The van der Waals surface area contributed by atoms with Gasteiger partial charge in [0.15, 0.2) is 10.7 Å². The molecule has 1 atom stereocenters. The number of oxazole rings is 1. The molecule has 3 aromatic carbocycles. The van der Waals surface area contributed by atoms with Crippen LogP contribution in [-0.2, 0) is 6.42 Å². The standard InChI is InChI=1S/C23H20N4O2S/c24-18(10-14-5-6-15-3-1-2-4-16(15)9-14)12-25-22-26-13-21(30-22)17-7-8-19-20(11-17)29-23(28)27-19/h1-9,11,13,18H,10,12,24H2,(H,25,26)(H,27,28)/t18-/m1/s1.